The molecular weight excluding hydrogens is 741 g/mol. The molecule has 0 fully saturated rings. The molecule has 5 rings (SSSR count). The average Bonchev–Trinajstić information content (AvgIpc) is 3.09. The lowest BCUT2D eigenvalue weighted by Crippen LogP contribution is -2.54. The maximum atomic E-state index is 15.1. The average molecular weight is 771 g/mol. The van der Waals surface area contributed by atoms with Crippen LogP contribution in [0, 0.1) is 6.92 Å². The zero-order valence-corrected chi connectivity index (χ0v) is 29.3. The Morgan fingerprint density at radius 2 is 1.20 bits per heavy atom. The number of halogens is 6. The molecule has 0 aliphatic rings. The van der Waals surface area contributed by atoms with Gasteiger partial charge in [-0.2, -0.15) is 26.3 Å². The van der Waals surface area contributed by atoms with E-state index in [1.165, 1.54) is 55.5 Å². The van der Waals surface area contributed by atoms with Gasteiger partial charge in [-0.1, -0.05) is 29.8 Å². The summed E-state index contributed by atoms with van der Waals surface area (Å²) in [6.07, 6.45) is -12.2. The number of benzene rings is 5. The fraction of sp³-hybridized carbons (Fsp3) is 0.135. The van der Waals surface area contributed by atoms with Crippen molar-refractivity contribution < 1.29 is 58.8 Å². The lowest BCUT2D eigenvalue weighted by atomic mass is 9.72. The van der Waals surface area contributed by atoms with Crippen LogP contribution in [-0.4, -0.2) is 45.6 Å². The van der Waals surface area contributed by atoms with Crippen molar-refractivity contribution in [3.8, 4) is 23.0 Å². The van der Waals surface area contributed by atoms with E-state index in [0.717, 1.165) is 14.1 Å². The van der Waals surface area contributed by atoms with Gasteiger partial charge in [0.25, 0.3) is 15.9 Å². The Labute approximate surface area is 306 Å². The molecule has 0 heterocycles. The number of hydrogen-bond donors (Lipinski definition) is 3. The topological polar surface area (TPSA) is 131 Å². The number of ketones is 1. The minimum Gasteiger partial charge on any atom is -0.566 e. The summed E-state index contributed by atoms with van der Waals surface area (Å²) >= 11 is 0. The summed E-state index contributed by atoms with van der Waals surface area (Å²) < 4.78 is 130. The lowest BCUT2D eigenvalue weighted by Gasteiger charge is -2.38. The van der Waals surface area contributed by atoms with E-state index in [0.29, 0.717) is 41.1 Å². The summed E-state index contributed by atoms with van der Waals surface area (Å²) in [5.74, 6) is -1.65. The highest BCUT2D eigenvalue weighted by molar-refractivity contribution is 7.92. The summed E-state index contributed by atoms with van der Waals surface area (Å²) in [6, 6.07) is 19.7. The van der Waals surface area contributed by atoms with Crippen LogP contribution in [0.1, 0.15) is 44.3 Å². The summed E-state index contributed by atoms with van der Waals surface area (Å²) in [7, 11) is -3.49. The van der Waals surface area contributed by atoms with Crippen LogP contribution in [-0.2, 0) is 15.4 Å². The Balaban J connectivity index is 1.52. The van der Waals surface area contributed by atoms with Crippen molar-refractivity contribution in [2.75, 3.05) is 10.0 Å². The molecule has 0 atom stereocenters. The number of nitrogens with one attached hydrogen (secondary N) is 2. The third-order valence-electron chi connectivity index (χ3n) is 8.35. The van der Waals surface area contributed by atoms with Crippen molar-refractivity contribution in [1.82, 2.24) is 0 Å². The van der Waals surface area contributed by atoms with Gasteiger partial charge in [0.15, 0.2) is 5.78 Å². The fourth-order valence-corrected chi connectivity index (χ4v) is 6.62. The molecule has 280 valence electrons. The minimum absolute atomic E-state index is 0.0522. The highest BCUT2D eigenvalue weighted by Crippen LogP contribution is 2.57. The van der Waals surface area contributed by atoms with E-state index in [1.807, 2.05) is 4.72 Å². The Morgan fingerprint density at radius 1 is 0.704 bits per heavy atom. The van der Waals surface area contributed by atoms with E-state index in [1.54, 1.807) is 31.2 Å². The minimum atomic E-state index is -6.12. The molecule has 0 aliphatic carbocycles. The van der Waals surface area contributed by atoms with Gasteiger partial charge in [0.2, 0.25) is 5.41 Å². The molecule has 9 nitrogen and oxygen atoms in total. The first-order chi connectivity index (χ1) is 25.3. The second-order valence-electron chi connectivity index (χ2n) is 12.0. The third-order valence-corrected chi connectivity index (χ3v) is 9.73. The smallest absolute Gasteiger partial charge is 0.411 e. The van der Waals surface area contributed by atoms with Crippen molar-refractivity contribution in [2.24, 2.45) is 0 Å². The number of sulfonamides is 1. The number of aromatic hydroxyl groups is 1. The second kappa shape index (κ2) is 14.8. The van der Waals surface area contributed by atoms with E-state index in [9.17, 15) is 23.1 Å². The molecule has 0 aliphatic heterocycles. The van der Waals surface area contributed by atoms with E-state index < -0.39 is 61.9 Å². The number of alkyl halides is 6. The Hall–Kier alpha value is -5.97. The van der Waals surface area contributed by atoms with Gasteiger partial charge in [-0.05, 0) is 110 Å². The molecule has 0 aromatic heterocycles. The predicted octanol–water partition coefficient (Wildman–Crippen LogP) is 8.09. The van der Waals surface area contributed by atoms with Crippen LogP contribution in [0.2, 0.25) is 0 Å². The van der Waals surface area contributed by atoms with Gasteiger partial charge in [-0.15, -0.1) is 0 Å². The van der Waals surface area contributed by atoms with Gasteiger partial charge in [0.1, 0.15) is 23.0 Å². The number of hydrogen-bond acceptors (Lipinski definition) is 7. The van der Waals surface area contributed by atoms with E-state index in [4.69, 9.17) is 9.39 Å². The largest absolute Gasteiger partial charge is 0.566 e. The third kappa shape index (κ3) is 7.85. The number of ether oxygens (including phenoxy) is 1. The van der Waals surface area contributed by atoms with Gasteiger partial charge in [0.05, 0.1) is 16.3 Å². The first-order valence-corrected chi connectivity index (χ1v) is 17.2. The Morgan fingerprint density at radius 3 is 1.70 bits per heavy atom. The summed E-state index contributed by atoms with van der Waals surface area (Å²) in [5.41, 5.74) is -8.13. The van der Waals surface area contributed by atoms with Crippen molar-refractivity contribution in [1.29, 1.82) is 0 Å². The van der Waals surface area contributed by atoms with Crippen LogP contribution in [0.15, 0.2) is 114 Å². The molecule has 0 saturated heterocycles. The zero-order valence-electron chi connectivity index (χ0n) is 28.5. The first kappa shape index (κ1) is 39.2. The van der Waals surface area contributed by atoms with Crippen LogP contribution < -0.4 is 19.4 Å². The number of phenolic OH excluding ortho intramolecular Hbond substituents is 1. The number of amides is 1. The summed E-state index contributed by atoms with van der Waals surface area (Å²) in [6.45, 7) is 3.07. The molecule has 17 heteroatoms. The van der Waals surface area contributed by atoms with E-state index in [2.05, 4.69) is 5.32 Å². The number of Topliss-reactive ketones (excluding diaryl/α,β-unsaturated/α-hetero) is 1. The highest BCUT2D eigenvalue weighted by atomic mass is 32.2. The van der Waals surface area contributed by atoms with Crippen molar-refractivity contribution in [3.63, 3.8) is 0 Å². The fourth-order valence-electron chi connectivity index (χ4n) is 5.56. The number of anilines is 2. The van der Waals surface area contributed by atoms with Gasteiger partial charge in [-0.3, -0.25) is 14.3 Å². The van der Waals surface area contributed by atoms with Crippen LogP contribution in [0.4, 0.5) is 37.7 Å². The lowest BCUT2D eigenvalue weighted by molar-refractivity contribution is -0.288. The molecule has 3 N–H and O–H groups in total. The second-order valence-corrected chi connectivity index (χ2v) is 13.7. The number of carbonyl (C=O) groups excluding carboxylic acids is 2. The Bertz CT molecular complexity index is 2280. The van der Waals surface area contributed by atoms with Gasteiger partial charge < -0.3 is 19.8 Å². The van der Waals surface area contributed by atoms with Crippen LogP contribution in [0.25, 0.3) is 0 Å². The molecular formula is C37H29BF6N2O7S. The summed E-state index contributed by atoms with van der Waals surface area (Å²) in [4.78, 5) is 24.4. The van der Waals surface area contributed by atoms with Crippen LogP contribution >= 0.6 is 0 Å². The number of carbonyl (C=O) groups is 2. The van der Waals surface area contributed by atoms with Gasteiger partial charge >= 0.3 is 20.4 Å². The van der Waals surface area contributed by atoms with Crippen LogP contribution in [0.5, 0.6) is 23.0 Å². The molecule has 54 heavy (non-hydrogen) atoms. The Kier molecular flexibility index (Phi) is 10.8. The number of rotatable bonds is 11. The SMILES string of the molecule is BOc1ccc(C(c2ccc(O)c(NS(=O)(=O)c3ccc(C)cc3)c2)(C(F)(F)F)C(F)(F)F)cc1NC(=O)c1ccc(Oc2ccc(C(C)=O)cc2)cc1. The number of aryl methyl sites for hydroxylation is 1. The van der Waals surface area contributed by atoms with Gasteiger partial charge in [0, 0.05) is 11.1 Å². The zero-order chi connectivity index (χ0) is 39.6. The highest BCUT2D eigenvalue weighted by Gasteiger charge is 2.72. The standard InChI is InChI=1S/C37H29BF6N2O7S/c1-21-3-15-29(16-4-21)54(50,51)46-30-19-25(9-17-32(30)48)35(36(39,40)41,37(42,43)44)26-10-18-33(53-38)31(20-26)45-34(49)24-7-13-28(14-8-24)52-27-11-5-23(6-12-27)22(2)47/h3-20,46,48H,38H2,1-2H3,(H,45,49). The molecule has 5 aromatic carbocycles. The van der Waals surface area contributed by atoms with Crippen LogP contribution in [0.3, 0.4) is 0 Å². The monoisotopic (exact) mass is 770 g/mol. The van der Waals surface area contributed by atoms with Crippen molar-refractivity contribution in [3.05, 3.63) is 137 Å². The molecule has 0 radical (unpaired) electrons. The molecule has 0 unspecified atom stereocenters. The molecule has 1 amide bonds. The first-order valence-electron chi connectivity index (χ1n) is 15.7. The van der Waals surface area contributed by atoms with Crippen molar-refractivity contribution >= 4 is 41.1 Å². The summed E-state index contributed by atoms with van der Waals surface area (Å²) in [5, 5.41) is 12.7. The predicted molar refractivity (Wildman–Crippen MR) is 190 cm³/mol. The quantitative estimate of drug-likeness (QED) is 0.0536. The van der Waals surface area contributed by atoms with Gasteiger partial charge in [-0.25, -0.2) is 8.42 Å². The van der Waals surface area contributed by atoms with E-state index in [-0.39, 0.29) is 33.8 Å². The molecule has 5 aromatic rings. The molecule has 0 spiro atoms. The van der Waals surface area contributed by atoms with Crippen molar-refractivity contribution in [2.45, 2.75) is 36.5 Å². The normalized spacial score (nSPS) is 12.1. The molecule has 0 saturated carbocycles. The number of phenols is 1. The maximum absolute atomic E-state index is 15.1. The van der Waals surface area contributed by atoms with E-state index >= 15 is 26.3 Å². The maximum Gasteiger partial charge on any atom is 0.411 e. The molecule has 0 bridgehead atoms.